The molecule has 0 aliphatic carbocycles. The molecule has 6 nitrogen and oxygen atoms in total. The van der Waals surface area contributed by atoms with Crippen molar-refractivity contribution in [1.82, 2.24) is 5.43 Å². The van der Waals surface area contributed by atoms with Gasteiger partial charge in [-0.3, -0.25) is 9.59 Å². The van der Waals surface area contributed by atoms with Gasteiger partial charge < -0.3 is 10.1 Å². The van der Waals surface area contributed by atoms with Crippen molar-refractivity contribution in [1.29, 1.82) is 0 Å². The van der Waals surface area contributed by atoms with Gasteiger partial charge in [-0.05, 0) is 60.5 Å². The number of hydrazone groups is 1. The van der Waals surface area contributed by atoms with Gasteiger partial charge in [0.25, 0.3) is 0 Å². The SMILES string of the molecule is O=C(CCCC(=O)Nc1ccc(Br)cc1)N/N=C\c1cccc(OCc2c(Cl)cccc2Cl)c1. The Morgan fingerprint density at radius 1 is 0.941 bits per heavy atom. The molecule has 176 valence electrons. The molecule has 2 amide bonds. The molecule has 0 aliphatic rings. The lowest BCUT2D eigenvalue weighted by Crippen LogP contribution is -2.18. The summed E-state index contributed by atoms with van der Waals surface area (Å²) in [4.78, 5) is 24.0. The van der Waals surface area contributed by atoms with Crippen LogP contribution >= 0.6 is 39.1 Å². The first kappa shape index (κ1) is 25.7. The van der Waals surface area contributed by atoms with E-state index in [1.165, 1.54) is 6.21 Å². The number of halogens is 3. The van der Waals surface area contributed by atoms with Crippen LogP contribution in [0.25, 0.3) is 0 Å². The topological polar surface area (TPSA) is 79.8 Å². The summed E-state index contributed by atoms with van der Waals surface area (Å²) in [5.41, 5.74) is 4.64. The lowest BCUT2D eigenvalue weighted by Gasteiger charge is -2.09. The van der Waals surface area contributed by atoms with Crippen molar-refractivity contribution in [2.75, 3.05) is 5.32 Å². The van der Waals surface area contributed by atoms with E-state index in [9.17, 15) is 9.59 Å². The fraction of sp³-hybridized carbons (Fsp3) is 0.160. The third kappa shape index (κ3) is 8.48. The molecular weight excluding hydrogens is 541 g/mol. The van der Waals surface area contributed by atoms with Crippen LogP contribution < -0.4 is 15.5 Å². The van der Waals surface area contributed by atoms with Gasteiger partial charge >= 0.3 is 0 Å². The lowest BCUT2D eigenvalue weighted by atomic mass is 10.2. The largest absolute Gasteiger partial charge is 0.489 e. The Labute approximate surface area is 216 Å². The van der Waals surface area contributed by atoms with Crippen molar-refractivity contribution in [3.8, 4) is 5.75 Å². The first-order valence-corrected chi connectivity index (χ1v) is 12.0. The van der Waals surface area contributed by atoms with Crippen molar-refractivity contribution in [2.45, 2.75) is 25.9 Å². The number of hydrogen-bond acceptors (Lipinski definition) is 4. The predicted octanol–water partition coefficient (Wildman–Crippen LogP) is 6.59. The molecule has 0 radical (unpaired) electrons. The van der Waals surface area contributed by atoms with Crippen molar-refractivity contribution < 1.29 is 14.3 Å². The summed E-state index contributed by atoms with van der Waals surface area (Å²) in [5, 5.41) is 7.85. The van der Waals surface area contributed by atoms with Crippen LogP contribution in [0.3, 0.4) is 0 Å². The molecule has 0 aliphatic heterocycles. The van der Waals surface area contributed by atoms with Gasteiger partial charge in [0.1, 0.15) is 12.4 Å². The van der Waals surface area contributed by atoms with Crippen molar-refractivity contribution in [3.63, 3.8) is 0 Å². The third-order valence-corrected chi connectivity index (χ3v) is 5.88. The number of nitrogens with zero attached hydrogens (tertiary/aromatic N) is 1. The van der Waals surface area contributed by atoms with Gasteiger partial charge in [-0.15, -0.1) is 0 Å². The Hall–Kier alpha value is -2.87. The minimum atomic E-state index is -0.270. The first-order valence-electron chi connectivity index (χ1n) is 10.4. The van der Waals surface area contributed by atoms with E-state index < -0.39 is 0 Å². The number of rotatable bonds is 10. The Bertz CT molecular complexity index is 1150. The van der Waals surface area contributed by atoms with Gasteiger partial charge in [0, 0.05) is 38.6 Å². The van der Waals surface area contributed by atoms with Gasteiger partial charge in [-0.1, -0.05) is 57.3 Å². The number of anilines is 1. The van der Waals surface area contributed by atoms with E-state index in [2.05, 4.69) is 31.8 Å². The van der Waals surface area contributed by atoms with E-state index in [1.54, 1.807) is 42.5 Å². The minimum absolute atomic E-state index is 0.145. The summed E-state index contributed by atoms with van der Waals surface area (Å²) in [7, 11) is 0. The highest BCUT2D eigenvalue weighted by Crippen LogP contribution is 2.26. The summed E-state index contributed by atoms with van der Waals surface area (Å²) in [6.07, 6.45) is 2.36. The van der Waals surface area contributed by atoms with Gasteiger partial charge in [-0.2, -0.15) is 5.10 Å². The Balaban J connectivity index is 1.40. The van der Waals surface area contributed by atoms with Crippen LogP contribution in [0.4, 0.5) is 5.69 Å². The number of nitrogens with one attached hydrogen (secondary N) is 2. The van der Waals surface area contributed by atoms with Crippen LogP contribution in [0.15, 0.2) is 76.3 Å². The molecule has 3 aromatic carbocycles. The highest BCUT2D eigenvalue weighted by Gasteiger charge is 2.07. The number of benzene rings is 3. The molecule has 3 rings (SSSR count). The fourth-order valence-corrected chi connectivity index (χ4v) is 3.68. The zero-order valence-electron chi connectivity index (χ0n) is 18.1. The second-order valence-electron chi connectivity index (χ2n) is 7.26. The van der Waals surface area contributed by atoms with Gasteiger partial charge in [0.05, 0.1) is 6.21 Å². The van der Waals surface area contributed by atoms with Crippen LogP contribution in [0, 0.1) is 0 Å². The molecule has 0 saturated carbocycles. The maximum absolute atomic E-state index is 12.0. The Morgan fingerprint density at radius 3 is 2.35 bits per heavy atom. The quantitative estimate of drug-likeness (QED) is 0.216. The Morgan fingerprint density at radius 2 is 1.62 bits per heavy atom. The van der Waals surface area contributed by atoms with E-state index in [4.69, 9.17) is 27.9 Å². The highest BCUT2D eigenvalue weighted by atomic mass is 79.9. The molecule has 0 saturated heterocycles. The normalized spacial score (nSPS) is 10.8. The lowest BCUT2D eigenvalue weighted by molar-refractivity contribution is -0.121. The molecule has 9 heteroatoms. The number of amides is 2. The minimum Gasteiger partial charge on any atom is -0.489 e. The number of hydrogen-bond donors (Lipinski definition) is 2. The maximum atomic E-state index is 12.0. The average molecular weight is 563 g/mol. The molecule has 2 N–H and O–H groups in total. The van der Waals surface area contributed by atoms with E-state index in [1.807, 2.05) is 24.3 Å². The average Bonchev–Trinajstić information content (AvgIpc) is 2.80. The number of carbonyl (C=O) groups excluding carboxylic acids is 2. The highest BCUT2D eigenvalue weighted by molar-refractivity contribution is 9.10. The van der Waals surface area contributed by atoms with Crippen molar-refractivity contribution >= 4 is 62.8 Å². The van der Waals surface area contributed by atoms with Crippen LogP contribution in [0.2, 0.25) is 10.0 Å². The molecule has 0 fully saturated rings. The van der Waals surface area contributed by atoms with E-state index in [0.29, 0.717) is 33.5 Å². The van der Waals surface area contributed by atoms with Gasteiger partial charge in [0.15, 0.2) is 0 Å². The zero-order chi connectivity index (χ0) is 24.3. The molecule has 0 atom stereocenters. The number of carbonyl (C=O) groups is 2. The molecule has 0 spiro atoms. The molecule has 3 aromatic rings. The second-order valence-corrected chi connectivity index (χ2v) is 8.99. The van der Waals surface area contributed by atoms with Crippen LogP contribution in [0.1, 0.15) is 30.4 Å². The summed E-state index contributed by atoms with van der Waals surface area (Å²) in [6.45, 7) is 0.227. The predicted molar refractivity (Wildman–Crippen MR) is 140 cm³/mol. The van der Waals surface area contributed by atoms with E-state index in [0.717, 1.165) is 10.0 Å². The maximum Gasteiger partial charge on any atom is 0.240 e. The molecule has 0 bridgehead atoms. The van der Waals surface area contributed by atoms with E-state index in [-0.39, 0.29) is 31.3 Å². The summed E-state index contributed by atoms with van der Waals surface area (Å²) in [6, 6.07) is 19.8. The summed E-state index contributed by atoms with van der Waals surface area (Å²) >= 11 is 15.7. The van der Waals surface area contributed by atoms with Crippen molar-refractivity contribution in [2.24, 2.45) is 5.10 Å². The zero-order valence-corrected chi connectivity index (χ0v) is 21.2. The molecule has 34 heavy (non-hydrogen) atoms. The fourth-order valence-electron chi connectivity index (χ4n) is 2.91. The standard InChI is InChI=1S/C25H22BrCl2N3O3/c26-18-10-12-19(13-11-18)30-24(32)8-3-9-25(33)31-29-15-17-4-1-5-20(14-17)34-16-21-22(27)6-2-7-23(21)28/h1-2,4-7,10-15H,3,8-9,16H2,(H,30,32)(H,31,33)/b29-15-. The molecule has 0 unspecified atom stereocenters. The van der Waals surface area contributed by atoms with Gasteiger partial charge in [-0.25, -0.2) is 5.43 Å². The smallest absolute Gasteiger partial charge is 0.240 e. The van der Waals surface area contributed by atoms with Crippen LogP contribution in [-0.4, -0.2) is 18.0 Å². The molecule has 0 heterocycles. The second kappa shape index (κ2) is 13.1. The third-order valence-electron chi connectivity index (χ3n) is 4.64. The summed E-state index contributed by atoms with van der Waals surface area (Å²) < 4.78 is 6.72. The number of ether oxygens (including phenoxy) is 1. The monoisotopic (exact) mass is 561 g/mol. The van der Waals surface area contributed by atoms with E-state index >= 15 is 0 Å². The Kier molecular flexibility index (Phi) is 9.94. The summed E-state index contributed by atoms with van der Waals surface area (Å²) in [5.74, 6) is 0.199. The van der Waals surface area contributed by atoms with Crippen LogP contribution in [0.5, 0.6) is 5.75 Å². The molecular formula is C25H22BrCl2N3O3. The first-order chi connectivity index (χ1) is 16.4. The van der Waals surface area contributed by atoms with Crippen LogP contribution in [-0.2, 0) is 16.2 Å². The van der Waals surface area contributed by atoms with Gasteiger partial charge in [0.2, 0.25) is 11.8 Å². The molecule has 0 aromatic heterocycles. The van der Waals surface area contributed by atoms with Crippen molar-refractivity contribution in [3.05, 3.63) is 92.4 Å².